The van der Waals surface area contributed by atoms with Crippen molar-refractivity contribution in [1.82, 2.24) is 18.3 Å². The summed E-state index contributed by atoms with van der Waals surface area (Å²) in [5.41, 5.74) is 0. The lowest BCUT2D eigenvalue weighted by atomic mass is 10.5. The van der Waals surface area contributed by atoms with Crippen molar-refractivity contribution in [3.8, 4) is 0 Å². The molecule has 0 amide bonds. The van der Waals surface area contributed by atoms with Gasteiger partial charge in [-0.25, -0.2) is 0 Å². The van der Waals surface area contributed by atoms with Crippen LogP contribution in [0, 0.1) is 11.6 Å². The fourth-order valence-corrected chi connectivity index (χ4v) is 2.63. The molecule has 0 unspecified atom stereocenters. The van der Waals surface area contributed by atoms with Gasteiger partial charge in [0.05, 0.1) is 0 Å². The van der Waals surface area contributed by atoms with E-state index in [2.05, 4.69) is 67.8 Å². The van der Waals surface area contributed by atoms with Crippen LogP contribution in [0.25, 0.3) is 0 Å². The Kier molecular flexibility index (Phi) is 3.05. The zero-order valence-corrected chi connectivity index (χ0v) is 12.0. The van der Waals surface area contributed by atoms with Crippen LogP contribution in [0.15, 0.2) is 98.1 Å². The molecule has 0 saturated heterocycles. The minimum absolute atomic E-state index is 1.06. The number of hydrogen-bond donors (Lipinski definition) is 0. The summed E-state index contributed by atoms with van der Waals surface area (Å²) in [7, 11) is 0. The van der Waals surface area contributed by atoms with Crippen molar-refractivity contribution in [2.45, 2.75) is 0 Å². The second-order valence-corrected chi connectivity index (χ2v) is 5.01. The second-order valence-electron chi connectivity index (χ2n) is 5.01. The minimum Gasteiger partial charge on any atom is -0.307 e. The molecule has 0 aliphatic carbocycles. The van der Waals surface area contributed by atoms with Crippen LogP contribution in [0.3, 0.4) is 0 Å². The molecule has 108 valence electrons. The zero-order valence-electron chi connectivity index (χ0n) is 12.0. The fourth-order valence-electron chi connectivity index (χ4n) is 2.63. The molecule has 0 spiro atoms. The Morgan fingerprint density at radius 3 is 0.682 bits per heavy atom. The van der Waals surface area contributed by atoms with Crippen molar-refractivity contribution in [1.29, 1.82) is 0 Å². The average molecular weight is 288 g/mol. The van der Waals surface area contributed by atoms with Gasteiger partial charge in [0.15, 0.2) is 11.6 Å². The van der Waals surface area contributed by atoms with E-state index in [1.807, 2.05) is 48.5 Å². The minimum atomic E-state index is 1.06. The lowest BCUT2D eigenvalue weighted by Crippen LogP contribution is -2.21. The van der Waals surface area contributed by atoms with E-state index in [0.29, 0.717) is 0 Å². The molecule has 4 rings (SSSR count). The molecule has 0 aliphatic heterocycles. The lowest BCUT2D eigenvalue weighted by Gasteiger charge is -2.19. The van der Waals surface area contributed by atoms with Crippen LogP contribution in [-0.2, 0) is 0 Å². The van der Waals surface area contributed by atoms with Gasteiger partial charge in [0, 0.05) is 49.6 Å². The Balaban J connectivity index is 2.06. The van der Waals surface area contributed by atoms with E-state index in [-0.39, 0.29) is 0 Å². The molecule has 4 heteroatoms. The van der Waals surface area contributed by atoms with Crippen LogP contribution < -0.4 is 0 Å². The largest absolute Gasteiger partial charge is 0.307 e. The molecule has 0 N–H and O–H groups in total. The van der Waals surface area contributed by atoms with E-state index in [1.54, 1.807) is 0 Å². The SMILES string of the molecule is c1ccn(C(=C(n2cccc2)n2cccc2)n2cccc2)c1. The Bertz CT molecular complexity index is 699. The highest BCUT2D eigenvalue weighted by Gasteiger charge is 2.13. The van der Waals surface area contributed by atoms with E-state index in [0.717, 1.165) is 11.6 Å². The van der Waals surface area contributed by atoms with E-state index in [9.17, 15) is 0 Å². The first-order valence-corrected chi connectivity index (χ1v) is 7.21. The zero-order chi connectivity index (χ0) is 14.8. The average Bonchev–Trinajstić information content (AvgIpc) is 3.35. The van der Waals surface area contributed by atoms with Crippen LogP contribution in [0.4, 0.5) is 0 Å². The number of hydrogen-bond acceptors (Lipinski definition) is 0. The second kappa shape index (κ2) is 5.33. The van der Waals surface area contributed by atoms with Gasteiger partial charge < -0.3 is 18.3 Å². The molecule has 0 atom stereocenters. The van der Waals surface area contributed by atoms with Gasteiger partial charge in [0.1, 0.15) is 0 Å². The first kappa shape index (κ1) is 12.6. The summed E-state index contributed by atoms with van der Waals surface area (Å²) >= 11 is 0. The molecule has 0 radical (unpaired) electrons. The molecule has 4 aromatic rings. The smallest absolute Gasteiger partial charge is 0.163 e. The van der Waals surface area contributed by atoms with Gasteiger partial charge in [-0.1, -0.05) is 0 Å². The molecule has 0 aliphatic rings. The Morgan fingerprint density at radius 1 is 0.318 bits per heavy atom. The monoisotopic (exact) mass is 288 g/mol. The van der Waals surface area contributed by atoms with Crippen LogP contribution in [-0.4, -0.2) is 18.3 Å². The Labute approximate surface area is 128 Å². The molecule has 4 aromatic heterocycles. The van der Waals surface area contributed by atoms with Crippen molar-refractivity contribution in [3.63, 3.8) is 0 Å². The quantitative estimate of drug-likeness (QED) is 0.549. The summed E-state index contributed by atoms with van der Waals surface area (Å²) in [6.07, 6.45) is 16.5. The van der Waals surface area contributed by atoms with Gasteiger partial charge in [0.25, 0.3) is 0 Å². The van der Waals surface area contributed by atoms with E-state index >= 15 is 0 Å². The van der Waals surface area contributed by atoms with Crippen molar-refractivity contribution in [2.75, 3.05) is 0 Å². The summed E-state index contributed by atoms with van der Waals surface area (Å²) in [5.74, 6) is 2.12. The van der Waals surface area contributed by atoms with E-state index in [1.165, 1.54) is 0 Å². The number of aromatic nitrogens is 4. The molecule has 0 aromatic carbocycles. The summed E-state index contributed by atoms with van der Waals surface area (Å²) in [6, 6.07) is 16.3. The molecule has 0 saturated carbocycles. The molecular weight excluding hydrogens is 272 g/mol. The van der Waals surface area contributed by atoms with E-state index in [4.69, 9.17) is 0 Å². The maximum atomic E-state index is 2.12. The summed E-state index contributed by atoms with van der Waals surface area (Å²) in [6.45, 7) is 0. The standard InChI is InChI=1S/C18H16N4/c1-2-10-19(9-1)17(20-11-3-4-12-20)18(21-13-5-6-14-21)22-15-7-8-16-22/h1-16H. The molecule has 0 fully saturated rings. The highest BCUT2D eigenvalue weighted by molar-refractivity contribution is 5.14. The predicted octanol–water partition coefficient (Wildman–Crippen LogP) is 3.36. The number of nitrogens with zero attached hydrogens (tertiary/aromatic N) is 4. The summed E-state index contributed by atoms with van der Waals surface area (Å²) in [4.78, 5) is 0. The van der Waals surface area contributed by atoms with E-state index < -0.39 is 0 Å². The highest BCUT2D eigenvalue weighted by Crippen LogP contribution is 2.14. The molecular formula is C18H16N4. The van der Waals surface area contributed by atoms with Crippen molar-refractivity contribution >= 4 is 0 Å². The molecule has 4 heterocycles. The lowest BCUT2D eigenvalue weighted by molar-refractivity contribution is 0.629. The Morgan fingerprint density at radius 2 is 0.500 bits per heavy atom. The van der Waals surface area contributed by atoms with Crippen LogP contribution in [0.2, 0.25) is 0 Å². The van der Waals surface area contributed by atoms with Gasteiger partial charge in [-0.15, -0.1) is 0 Å². The van der Waals surface area contributed by atoms with Crippen LogP contribution in [0.1, 0.15) is 0 Å². The van der Waals surface area contributed by atoms with Gasteiger partial charge >= 0.3 is 0 Å². The number of rotatable bonds is 4. The van der Waals surface area contributed by atoms with Crippen molar-refractivity contribution in [2.24, 2.45) is 0 Å². The van der Waals surface area contributed by atoms with Crippen molar-refractivity contribution < 1.29 is 0 Å². The van der Waals surface area contributed by atoms with Crippen LogP contribution >= 0.6 is 0 Å². The Hall–Kier alpha value is -3.14. The normalized spacial score (nSPS) is 10.7. The van der Waals surface area contributed by atoms with Gasteiger partial charge in [-0.2, -0.15) is 0 Å². The van der Waals surface area contributed by atoms with Crippen molar-refractivity contribution in [3.05, 3.63) is 110 Å². The molecule has 0 bridgehead atoms. The van der Waals surface area contributed by atoms with Gasteiger partial charge in [0.2, 0.25) is 0 Å². The highest BCUT2D eigenvalue weighted by atomic mass is 15.3. The summed E-state index contributed by atoms with van der Waals surface area (Å²) < 4.78 is 8.48. The van der Waals surface area contributed by atoms with Gasteiger partial charge in [-0.3, -0.25) is 0 Å². The maximum Gasteiger partial charge on any atom is 0.163 e. The van der Waals surface area contributed by atoms with Crippen LogP contribution in [0.5, 0.6) is 0 Å². The third kappa shape index (κ3) is 2.11. The fraction of sp³-hybridized carbons (Fsp3) is 0. The maximum absolute atomic E-state index is 2.12. The first-order chi connectivity index (χ1) is 10.9. The molecule has 22 heavy (non-hydrogen) atoms. The third-order valence-electron chi connectivity index (χ3n) is 3.60. The first-order valence-electron chi connectivity index (χ1n) is 7.21. The summed E-state index contributed by atoms with van der Waals surface area (Å²) in [5, 5.41) is 0. The topological polar surface area (TPSA) is 19.7 Å². The third-order valence-corrected chi connectivity index (χ3v) is 3.60. The predicted molar refractivity (Wildman–Crippen MR) is 85.8 cm³/mol. The molecule has 4 nitrogen and oxygen atoms in total. The van der Waals surface area contributed by atoms with Gasteiger partial charge in [-0.05, 0) is 48.5 Å².